The van der Waals surface area contributed by atoms with Crippen molar-refractivity contribution in [3.63, 3.8) is 0 Å². The van der Waals surface area contributed by atoms with Gasteiger partial charge in [0.25, 0.3) is 5.91 Å². The highest BCUT2D eigenvalue weighted by Gasteiger charge is 2.15. The second-order valence-electron chi connectivity index (χ2n) is 6.63. The van der Waals surface area contributed by atoms with E-state index in [1.165, 1.54) is 29.2 Å². The van der Waals surface area contributed by atoms with Crippen molar-refractivity contribution in [2.24, 2.45) is 0 Å². The minimum absolute atomic E-state index is 0.0469. The van der Waals surface area contributed by atoms with Crippen LogP contribution in [0.15, 0.2) is 65.3 Å². The highest BCUT2D eigenvalue weighted by Crippen LogP contribution is 2.27. The molecule has 0 saturated carbocycles. The average Bonchev–Trinajstić information content (AvgIpc) is 3.45. The van der Waals surface area contributed by atoms with Crippen LogP contribution >= 0.6 is 11.6 Å². The molecule has 0 aliphatic rings. The Bertz CT molecular complexity index is 1220. The van der Waals surface area contributed by atoms with Gasteiger partial charge in [-0.05, 0) is 36.4 Å². The number of benzene rings is 2. The van der Waals surface area contributed by atoms with Gasteiger partial charge in [-0.15, -0.1) is 5.10 Å². The molecule has 1 N–H and O–H groups in total. The Morgan fingerprint density at radius 2 is 1.97 bits per heavy atom. The lowest BCUT2D eigenvalue weighted by atomic mass is 10.2. The predicted octanol–water partition coefficient (Wildman–Crippen LogP) is 4.55. The summed E-state index contributed by atoms with van der Waals surface area (Å²) in [5.41, 5.74) is 0.280. The van der Waals surface area contributed by atoms with Crippen molar-refractivity contribution in [1.82, 2.24) is 14.8 Å². The first-order valence-electron chi connectivity index (χ1n) is 9.51. The molecule has 10 heteroatoms. The molecule has 2 aromatic heterocycles. The zero-order valence-corrected chi connectivity index (χ0v) is 17.7. The number of ether oxygens (including phenoxy) is 2. The van der Waals surface area contributed by atoms with Gasteiger partial charge in [-0.2, -0.15) is 0 Å². The third kappa shape index (κ3) is 4.89. The van der Waals surface area contributed by atoms with Crippen LogP contribution in [-0.4, -0.2) is 27.8 Å². The third-order valence-electron chi connectivity index (χ3n) is 4.47. The lowest BCUT2D eigenvalue weighted by molar-refractivity contribution is 0.0991. The average molecular weight is 457 g/mol. The van der Waals surface area contributed by atoms with E-state index in [2.05, 4.69) is 15.4 Å². The number of aromatic nitrogens is 3. The number of nitrogens with zero attached hydrogens (tertiary/aromatic N) is 3. The summed E-state index contributed by atoms with van der Waals surface area (Å²) in [7, 11) is 1.55. The van der Waals surface area contributed by atoms with E-state index in [0.29, 0.717) is 17.3 Å². The van der Waals surface area contributed by atoms with Gasteiger partial charge in [0.15, 0.2) is 17.3 Å². The molecule has 0 aliphatic heterocycles. The lowest BCUT2D eigenvalue weighted by Gasteiger charge is -2.08. The Balaban J connectivity index is 1.36. The number of hydrogen-bond acceptors (Lipinski definition) is 6. The predicted molar refractivity (Wildman–Crippen MR) is 115 cm³/mol. The molecule has 164 valence electrons. The molecule has 1 amide bonds. The van der Waals surface area contributed by atoms with Crippen LogP contribution < -0.4 is 14.8 Å². The maximum atomic E-state index is 13.9. The fourth-order valence-electron chi connectivity index (χ4n) is 2.90. The van der Waals surface area contributed by atoms with Crippen LogP contribution in [0.1, 0.15) is 21.9 Å². The molecule has 8 nitrogen and oxygen atoms in total. The van der Waals surface area contributed by atoms with Crippen molar-refractivity contribution in [2.45, 2.75) is 13.2 Å². The minimum Gasteiger partial charge on any atom is -0.493 e. The van der Waals surface area contributed by atoms with E-state index in [9.17, 15) is 9.18 Å². The summed E-state index contributed by atoms with van der Waals surface area (Å²) in [5, 5.41) is 6.94. The third-order valence-corrected chi connectivity index (χ3v) is 4.82. The molecule has 0 fully saturated rings. The standard InChI is InChI=1S/C22H18ClFN4O4/c1-30-18-7-2-3-8-19(18)31-12-14-9-10-20(32-14)21(29)26-22-25-13-28(27-22)11-15-16(23)5-4-6-17(15)24/h2-10,13H,11-12H2,1H3,(H,26,27,29). The van der Waals surface area contributed by atoms with Gasteiger partial charge in [-0.25, -0.2) is 14.1 Å². The molecule has 4 rings (SSSR count). The Hall–Kier alpha value is -3.85. The maximum Gasteiger partial charge on any atom is 0.293 e. The van der Waals surface area contributed by atoms with Gasteiger partial charge in [-0.1, -0.05) is 29.8 Å². The topological polar surface area (TPSA) is 91.4 Å². The molecule has 0 atom stereocenters. The first-order valence-corrected chi connectivity index (χ1v) is 9.89. The summed E-state index contributed by atoms with van der Waals surface area (Å²) in [6.07, 6.45) is 1.37. The summed E-state index contributed by atoms with van der Waals surface area (Å²) in [5.74, 6) is 0.737. The summed E-state index contributed by atoms with van der Waals surface area (Å²) >= 11 is 6.03. The molecule has 0 spiro atoms. The van der Waals surface area contributed by atoms with Crippen LogP contribution in [0.5, 0.6) is 11.5 Å². The van der Waals surface area contributed by atoms with Crippen LogP contribution in [0.3, 0.4) is 0 Å². The van der Waals surface area contributed by atoms with Gasteiger partial charge in [0, 0.05) is 10.6 Å². The van der Waals surface area contributed by atoms with Gasteiger partial charge in [-0.3, -0.25) is 10.1 Å². The quantitative estimate of drug-likeness (QED) is 0.418. The molecule has 2 heterocycles. The Morgan fingerprint density at radius 1 is 1.16 bits per heavy atom. The Morgan fingerprint density at radius 3 is 2.75 bits per heavy atom. The smallest absolute Gasteiger partial charge is 0.293 e. The molecule has 2 aromatic carbocycles. The zero-order chi connectivity index (χ0) is 22.5. The number of rotatable bonds is 8. The fourth-order valence-corrected chi connectivity index (χ4v) is 3.12. The van der Waals surface area contributed by atoms with Gasteiger partial charge >= 0.3 is 0 Å². The maximum absolute atomic E-state index is 13.9. The van der Waals surface area contributed by atoms with Crippen molar-refractivity contribution < 1.29 is 23.1 Å². The number of halogens is 2. The number of nitrogens with one attached hydrogen (secondary N) is 1. The molecule has 0 radical (unpaired) electrons. The normalized spacial score (nSPS) is 10.7. The Kier molecular flexibility index (Phi) is 6.37. The van der Waals surface area contributed by atoms with Gasteiger partial charge in [0.2, 0.25) is 5.95 Å². The number of carbonyl (C=O) groups excluding carboxylic acids is 1. The van der Waals surface area contributed by atoms with E-state index < -0.39 is 11.7 Å². The molecule has 0 unspecified atom stereocenters. The molecule has 0 aliphatic carbocycles. The number of carbonyl (C=O) groups is 1. The molecule has 0 bridgehead atoms. The van der Waals surface area contributed by atoms with Crippen LogP contribution in [0.25, 0.3) is 0 Å². The number of hydrogen-bond donors (Lipinski definition) is 1. The van der Waals surface area contributed by atoms with Crippen LogP contribution in [0, 0.1) is 5.82 Å². The number of anilines is 1. The van der Waals surface area contributed by atoms with Crippen molar-refractivity contribution in [3.8, 4) is 11.5 Å². The first-order chi connectivity index (χ1) is 15.5. The number of para-hydroxylation sites is 2. The monoisotopic (exact) mass is 456 g/mol. The van der Waals surface area contributed by atoms with E-state index >= 15 is 0 Å². The van der Waals surface area contributed by atoms with Gasteiger partial charge in [0.1, 0.15) is 24.5 Å². The fraction of sp³-hybridized carbons (Fsp3) is 0.136. The highest BCUT2D eigenvalue weighted by atomic mass is 35.5. The lowest BCUT2D eigenvalue weighted by Crippen LogP contribution is -2.13. The van der Waals surface area contributed by atoms with Crippen LogP contribution in [-0.2, 0) is 13.2 Å². The molecule has 0 saturated heterocycles. The Labute approximate surface area is 187 Å². The van der Waals surface area contributed by atoms with Crippen LogP contribution in [0.4, 0.5) is 10.3 Å². The van der Waals surface area contributed by atoms with Crippen molar-refractivity contribution >= 4 is 23.5 Å². The number of methoxy groups -OCH3 is 1. The molecule has 4 aromatic rings. The van der Waals surface area contributed by atoms with Crippen molar-refractivity contribution in [2.75, 3.05) is 12.4 Å². The second-order valence-corrected chi connectivity index (χ2v) is 7.03. The number of furan rings is 1. The molecular weight excluding hydrogens is 439 g/mol. The van der Waals surface area contributed by atoms with E-state index in [-0.39, 0.29) is 35.4 Å². The highest BCUT2D eigenvalue weighted by molar-refractivity contribution is 6.31. The molecular formula is C22H18ClFN4O4. The van der Waals surface area contributed by atoms with E-state index in [1.54, 1.807) is 31.4 Å². The minimum atomic E-state index is -0.532. The first kappa shape index (κ1) is 21.4. The second kappa shape index (κ2) is 9.52. The van der Waals surface area contributed by atoms with E-state index in [4.69, 9.17) is 25.5 Å². The van der Waals surface area contributed by atoms with Crippen molar-refractivity contribution in [3.05, 3.63) is 88.8 Å². The van der Waals surface area contributed by atoms with Crippen LogP contribution in [0.2, 0.25) is 5.02 Å². The number of amides is 1. The van der Waals surface area contributed by atoms with E-state index in [0.717, 1.165) is 0 Å². The van der Waals surface area contributed by atoms with Gasteiger partial charge < -0.3 is 13.9 Å². The summed E-state index contributed by atoms with van der Waals surface area (Å²) < 4.78 is 31.8. The summed E-state index contributed by atoms with van der Waals surface area (Å²) in [6, 6.07) is 14.8. The summed E-state index contributed by atoms with van der Waals surface area (Å²) in [4.78, 5) is 16.5. The SMILES string of the molecule is COc1ccccc1OCc1ccc(C(=O)Nc2ncn(Cc3c(F)cccc3Cl)n2)o1. The largest absolute Gasteiger partial charge is 0.493 e. The summed E-state index contributed by atoms with van der Waals surface area (Å²) in [6.45, 7) is 0.184. The molecule has 32 heavy (non-hydrogen) atoms. The van der Waals surface area contributed by atoms with Crippen molar-refractivity contribution in [1.29, 1.82) is 0 Å². The van der Waals surface area contributed by atoms with Gasteiger partial charge in [0.05, 0.1) is 13.7 Å². The zero-order valence-electron chi connectivity index (χ0n) is 16.9. The van der Waals surface area contributed by atoms with E-state index in [1.807, 2.05) is 12.1 Å².